The number of aromatic nitrogens is 3. The molecule has 0 saturated heterocycles. The second kappa shape index (κ2) is 7.68. The molecular formula is C22H22N4O3S. The molecule has 30 heavy (non-hydrogen) atoms. The Morgan fingerprint density at radius 3 is 2.77 bits per heavy atom. The number of benzene rings is 2. The molecule has 0 aliphatic carbocycles. The molecule has 0 bridgehead atoms. The van der Waals surface area contributed by atoms with E-state index in [1.807, 2.05) is 65.9 Å². The third kappa shape index (κ3) is 3.31. The van der Waals surface area contributed by atoms with Crippen LogP contribution < -0.4 is 14.4 Å². The van der Waals surface area contributed by atoms with E-state index >= 15 is 0 Å². The third-order valence-electron chi connectivity index (χ3n) is 5.45. The molecule has 0 N–H and O–H groups in total. The molecule has 8 heteroatoms. The fourth-order valence-electron chi connectivity index (χ4n) is 3.85. The lowest BCUT2D eigenvalue weighted by Crippen LogP contribution is -2.35. The maximum atomic E-state index is 13.1. The number of hydrogen-bond acceptors (Lipinski definition) is 6. The van der Waals surface area contributed by atoms with E-state index in [1.54, 1.807) is 0 Å². The maximum Gasteiger partial charge on any atom is 0.240 e. The Labute approximate surface area is 179 Å². The number of anilines is 1. The van der Waals surface area contributed by atoms with Gasteiger partial charge >= 0.3 is 0 Å². The summed E-state index contributed by atoms with van der Waals surface area (Å²) >= 11 is 1.41. The van der Waals surface area contributed by atoms with Gasteiger partial charge in [-0.2, -0.15) is 0 Å². The topological polar surface area (TPSA) is 69.5 Å². The van der Waals surface area contributed by atoms with Crippen molar-refractivity contribution in [2.45, 2.75) is 29.9 Å². The number of carbonyl (C=O) groups excluding carboxylic acids is 1. The highest BCUT2D eigenvalue weighted by molar-refractivity contribution is 8.00. The Balaban J connectivity index is 1.30. The summed E-state index contributed by atoms with van der Waals surface area (Å²) in [4.78, 5) is 14.9. The molecule has 5 rings (SSSR count). The Hall–Kier alpha value is -3.00. The van der Waals surface area contributed by atoms with Crippen LogP contribution in [0.1, 0.15) is 24.4 Å². The van der Waals surface area contributed by atoms with Crippen LogP contribution in [0.2, 0.25) is 0 Å². The fraction of sp³-hybridized carbons (Fsp3) is 0.318. The van der Waals surface area contributed by atoms with Crippen molar-refractivity contribution in [3.63, 3.8) is 0 Å². The van der Waals surface area contributed by atoms with Gasteiger partial charge in [-0.1, -0.05) is 42.1 Å². The number of rotatable bonds is 4. The van der Waals surface area contributed by atoms with Crippen LogP contribution in [0.15, 0.2) is 53.7 Å². The van der Waals surface area contributed by atoms with Crippen LogP contribution in [0.4, 0.5) is 5.69 Å². The number of carbonyl (C=O) groups is 1. The van der Waals surface area contributed by atoms with Crippen molar-refractivity contribution in [2.24, 2.45) is 7.05 Å². The standard InChI is InChI=1S/C22H22N4O3S/c1-14(21(27)26-12-11-15-7-3-4-8-16(15)26)30-22-24-23-20(25(22)2)19-13-28-17-9-5-6-10-18(17)29-19/h3-10,14,19H,11-13H2,1-2H3. The average molecular weight is 423 g/mol. The predicted molar refractivity (Wildman–Crippen MR) is 114 cm³/mol. The van der Waals surface area contributed by atoms with Crippen molar-refractivity contribution >= 4 is 23.4 Å². The summed E-state index contributed by atoms with van der Waals surface area (Å²) in [5.41, 5.74) is 2.23. The molecule has 3 aromatic rings. The van der Waals surface area contributed by atoms with Gasteiger partial charge in [0.2, 0.25) is 5.91 Å². The van der Waals surface area contributed by atoms with Crippen LogP contribution >= 0.6 is 11.8 Å². The third-order valence-corrected chi connectivity index (χ3v) is 6.57. The van der Waals surface area contributed by atoms with Gasteiger partial charge in [-0.3, -0.25) is 4.79 Å². The zero-order valence-electron chi connectivity index (χ0n) is 16.8. The van der Waals surface area contributed by atoms with Crippen LogP contribution in [0, 0.1) is 0 Å². The normalized spacial score (nSPS) is 18.2. The highest BCUT2D eigenvalue weighted by Crippen LogP contribution is 2.36. The minimum Gasteiger partial charge on any atom is -0.485 e. The highest BCUT2D eigenvalue weighted by Gasteiger charge is 2.31. The van der Waals surface area contributed by atoms with Gasteiger partial charge in [0.05, 0.1) is 5.25 Å². The van der Waals surface area contributed by atoms with Crippen molar-refractivity contribution in [3.8, 4) is 11.5 Å². The Kier molecular flexibility index (Phi) is 4.86. The van der Waals surface area contributed by atoms with Gasteiger partial charge in [0.15, 0.2) is 28.6 Å². The molecule has 2 aliphatic rings. The van der Waals surface area contributed by atoms with E-state index < -0.39 is 0 Å². The van der Waals surface area contributed by atoms with Crippen molar-refractivity contribution in [1.29, 1.82) is 0 Å². The molecule has 2 aliphatic heterocycles. The van der Waals surface area contributed by atoms with Crippen LogP contribution in [-0.4, -0.2) is 39.1 Å². The first-order chi connectivity index (χ1) is 14.6. The molecule has 154 valence electrons. The van der Waals surface area contributed by atoms with Crippen LogP contribution in [0.25, 0.3) is 0 Å². The van der Waals surface area contributed by atoms with Crippen LogP contribution in [0.5, 0.6) is 11.5 Å². The molecule has 1 amide bonds. The van der Waals surface area contributed by atoms with Gasteiger partial charge in [0, 0.05) is 19.3 Å². The van der Waals surface area contributed by atoms with Gasteiger partial charge < -0.3 is 18.9 Å². The van der Waals surface area contributed by atoms with Gasteiger partial charge in [0.1, 0.15) is 6.61 Å². The minimum absolute atomic E-state index is 0.0840. The molecule has 2 unspecified atom stereocenters. The first kappa shape index (κ1) is 19.0. The number of fused-ring (bicyclic) bond motifs is 2. The Bertz CT molecular complexity index is 1100. The van der Waals surface area contributed by atoms with Gasteiger partial charge in [-0.15, -0.1) is 10.2 Å². The molecule has 2 atom stereocenters. The van der Waals surface area contributed by atoms with Crippen molar-refractivity contribution < 1.29 is 14.3 Å². The van der Waals surface area contributed by atoms with E-state index in [4.69, 9.17) is 9.47 Å². The Morgan fingerprint density at radius 1 is 1.13 bits per heavy atom. The molecule has 0 spiro atoms. The zero-order chi connectivity index (χ0) is 20.7. The molecule has 7 nitrogen and oxygen atoms in total. The van der Waals surface area contributed by atoms with E-state index in [0.29, 0.717) is 23.3 Å². The number of hydrogen-bond donors (Lipinski definition) is 0. The first-order valence-corrected chi connectivity index (χ1v) is 10.8. The predicted octanol–water partition coefficient (Wildman–Crippen LogP) is 3.40. The summed E-state index contributed by atoms with van der Waals surface area (Å²) < 4.78 is 13.7. The average Bonchev–Trinajstić information content (AvgIpc) is 3.37. The van der Waals surface area contributed by atoms with E-state index in [1.165, 1.54) is 17.3 Å². The molecule has 1 aromatic heterocycles. The lowest BCUT2D eigenvalue weighted by atomic mass is 10.2. The van der Waals surface area contributed by atoms with Crippen LogP contribution in [0.3, 0.4) is 0 Å². The molecule has 2 aromatic carbocycles. The molecule has 0 saturated carbocycles. The van der Waals surface area contributed by atoms with E-state index in [-0.39, 0.29) is 17.3 Å². The minimum atomic E-state index is -0.344. The van der Waals surface area contributed by atoms with Crippen molar-refractivity contribution in [2.75, 3.05) is 18.1 Å². The highest BCUT2D eigenvalue weighted by atomic mass is 32.2. The summed E-state index contributed by atoms with van der Waals surface area (Å²) in [6, 6.07) is 15.7. The summed E-state index contributed by atoms with van der Waals surface area (Å²) in [6.45, 7) is 3.01. The SMILES string of the molecule is CC(Sc1nnc(C2COc3ccccc3O2)n1C)C(=O)N1CCc2ccccc21. The smallest absolute Gasteiger partial charge is 0.240 e. The van der Waals surface area contributed by atoms with E-state index in [0.717, 1.165) is 24.4 Å². The van der Waals surface area contributed by atoms with Crippen molar-refractivity contribution in [3.05, 3.63) is 59.9 Å². The molecule has 0 radical (unpaired) electrons. The van der Waals surface area contributed by atoms with Crippen molar-refractivity contribution in [1.82, 2.24) is 14.8 Å². The summed E-state index contributed by atoms with van der Waals surface area (Å²) in [5.74, 6) is 2.19. The summed E-state index contributed by atoms with van der Waals surface area (Å²) in [6.07, 6.45) is 0.552. The van der Waals surface area contributed by atoms with E-state index in [2.05, 4.69) is 16.3 Å². The lowest BCUT2D eigenvalue weighted by Gasteiger charge is -2.25. The monoisotopic (exact) mass is 422 g/mol. The molecule has 3 heterocycles. The zero-order valence-corrected chi connectivity index (χ0v) is 17.6. The van der Waals surface area contributed by atoms with E-state index in [9.17, 15) is 4.79 Å². The Morgan fingerprint density at radius 2 is 1.90 bits per heavy atom. The second-order valence-corrected chi connectivity index (χ2v) is 8.70. The fourth-order valence-corrected chi connectivity index (χ4v) is 4.73. The van der Waals surface area contributed by atoms with Gasteiger partial charge in [-0.25, -0.2) is 0 Å². The lowest BCUT2D eigenvalue weighted by molar-refractivity contribution is -0.117. The largest absolute Gasteiger partial charge is 0.485 e. The number of nitrogens with zero attached hydrogens (tertiary/aromatic N) is 4. The van der Waals surface area contributed by atoms with Gasteiger partial charge in [-0.05, 0) is 37.1 Å². The summed E-state index contributed by atoms with van der Waals surface area (Å²) in [7, 11) is 1.89. The molecule has 0 fully saturated rings. The summed E-state index contributed by atoms with van der Waals surface area (Å²) in [5, 5.41) is 9.03. The number of amides is 1. The second-order valence-electron chi connectivity index (χ2n) is 7.39. The maximum absolute atomic E-state index is 13.1. The quantitative estimate of drug-likeness (QED) is 0.601. The molecular weight excluding hydrogens is 400 g/mol. The van der Waals surface area contributed by atoms with Crippen LogP contribution in [-0.2, 0) is 18.3 Å². The number of ether oxygens (including phenoxy) is 2. The first-order valence-electron chi connectivity index (χ1n) is 9.95. The van der Waals surface area contributed by atoms with Gasteiger partial charge in [0.25, 0.3) is 0 Å². The number of thioether (sulfide) groups is 1. The number of para-hydroxylation sites is 3.